The zero-order valence-corrected chi connectivity index (χ0v) is 17.1. The minimum absolute atomic E-state index is 0.0659. The number of sulfonamides is 1. The van der Waals surface area contributed by atoms with E-state index in [1.54, 1.807) is 23.9 Å². The van der Waals surface area contributed by atoms with Crippen molar-refractivity contribution in [3.8, 4) is 5.75 Å². The maximum Gasteiger partial charge on any atom is 0.238 e. The van der Waals surface area contributed by atoms with Gasteiger partial charge in [-0.1, -0.05) is 30.3 Å². The molecule has 0 aliphatic heterocycles. The number of halogens is 1. The lowest BCUT2D eigenvalue weighted by molar-refractivity contribution is 0.343. The Kier molecular flexibility index (Phi) is 6.31. The topological polar surface area (TPSA) is 87.2 Å². The summed E-state index contributed by atoms with van der Waals surface area (Å²) in [7, 11) is -3.69. The minimum Gasteiger partial charge on any atom is -0.493 e. The fourth-order valence-corrected chi connectivity index (χ4v) is 4.19. The van der Waals surface area contributed by atoms with E-state index in [9.17, 15) is 8.42 Å². The predicted molar refractivity (Wildman–Crippen MR) is 109 cm³/mol. The van der Waals surface area contributed by atoms with Gasteiger partial charge >= 0.3 is 0 Å². The Bertz CT molecular complexity index is 1030. The summed E-state index contributed by atoms with van der Waals surface area (Å²) in [5, 5.41) is 6.69. The summed E-state index contributed by atoms with van der Waals surface area (Å²) in [5.41, 5.74) is 1.96. The number of imidazole rings is 1. The van der Waals surface area contributed by atoms with Crippen molar-refractivity contribution < 1.29 is 13.2 Å². The van der Waals surface area contributed by atoms with Crippen LogP contribution in [0.4, 0.5) is 0 Å². The van der Waals surface area contributed by atoms with Gasteiger partial charge in [-0.05, 0) is 48.9 Å². The number of ether oxygens (including phenoxy) is 1. The van der Waals surface area contributed by atoms with E-state index in [1.165, 1.54) is 12.1 Å². The van der Waals surface area contributed by atoms with Gasteiger partial charge in [0.05, 0.1) is 22.5 Å². The van der Waals surface area contributed by atoms with Crippen molar-refractivity contribution in [3.05, 3.63) is 47.5 Å². The van der Waals surface area contributed by atoms with Crippen molar-refractivity contribution in [3.63, 3.8) is 0 Å². The van der Waals surface area contributed by atoms with Crippen molar-refractivity contribution in [1.29, 1.82) is 0 Å². The van der Waals surface area contributed by atoms with Crippen LogP contribution in [0.5, 0.6) is 5.75 Å². The Labute approximate surface area is 167 Å². The van der Waals surface area contributed by atoms with Gasteiger partial charge in [0, 0.05) is 17.3 Å². The van der Waals surface area contributed by atoms with Gasteiger partial charge in [0.1, 0.15) is 5.75 Å². The molecule has 0 unspecified atom stereocenters. The number of nitrogens with two attached hydrogens (primary N) is 1. The first-order valence-corrected chi connectivity index (χ1v) is 11.3. The van der Waals surface area contributed by atoms with E-state index in [2.05, 4.69) is 16.5 Å². The highest BCUT2D eigenvalue weighted by Gasteiger charge is 2.11. The molecule has 27 heavy (non-hydrogen) atoms. The van der Waals surface area contributed by atoms with Crippen LogP contribution in [0.25, 0.3) is 11.0 Å². The van der Waals surface area contributed by atoms with Crippen LogP contribution in [0.2, 0.25) is 5.02 Å². The number of fused-ring (bicyclic) bond motifs is 1. The van der Waals surface area contributed by atoms with Crippen molar-refractivity contribution in [2.45, 2.75) is 29.9 Å². The highest BCUT2D eigenvalue weighted by atomic mass is 35.5. The summed E-state index contributed by atoms with van der Waals surface area (Å²) in [4.78, 5) is 4.75. The molecule has 2 aromatic carbocycles. The lowest BCUT2D eigenvalue weighted by atomic mass is 10.3. The standard InChI is InChI=1S/C18H20ClN3O3S2/c1-2-9-22-17-8-3-13(19)12-16(17)21-18(22)26-11-10-25-14-4-6-15(7-5-14)27(20,23)24/h3-8,12H,2,9-11H2,1H3,(H2,20,23,24). The minimum atomic E-state index is -3.69. The number of benzene rings is 2. The molecule has 3 rings (SSSR count). The van der Waals surface area contributed by atoms with Crippen molar-refractivity contribution >= 4 is 44.4 Å². The van der Waals surface area contributed by atoms with E-state index in [-0.39, 0.29) is 4.90 Å². The van der Waals surface area contributed by atoms with E-state index in [1.807, 2.05) is 18.2 Å². The van der Waals surface area contributed by atoms with Gasteiger partial charge in [-0.25, -0.2) is 18.5 Å². The Morgan fingerprint density at radius 1 is 1.22 bits per heavy atom. The van der Waals surface area contributed by atoms with Crippen LogP contribution in [-0.4, -0.2) is 30.3 Å². The number of thioether (sulfide) groups is 1. The largest absolute Gasteiger partial charge is 0.493 e. The van der Waals surface area contributed by atoms with Crippen LogP contribution in [-0.2, 0) is 16.6 Å². The molecular formula is C18H20ClN3O3S2. The van der Waals surface area contributed by atoms with Gasteiger partial charge in [-0.3, -0.25) is 0 Å². The Morgan fingerprint density at radius 3 is 2.63 bits per heavy atom. The third kappa shape index (κ3) is 4.95. The average molecular weight is 426 g/mol. The monoisotopic (exact) mass is 425 g/mol. The van der Waals surface area contributed by atoms with Crippen LogP contribution in [0.3, 0.4) is 0 Å². The molecule has 9 heteroatoms. The Balaban J connectivity index is 1.62. The number of hydrogen-bond acceptors (Lipinski definition) is 5. The molecule has 1 aromatic heterocycles. The van der Waals surface area contributed by atoms with Crippen LogP contribution >= 0.6 is 23.4 Å². The molecule has 3 aromatic rings. The zero-order chi connectivity index (χ0) is 19.4. The number of aryl methyl sites for hydroxylation is 1. The molecule has 0 fully saturated rings. The Morgan fingerprint density at radius 2 is 1.96 bits per heavy atom. The van der Waals surface area contributed by atoms with Gasteiger partial charge in [-0.15, -0.1) is 0 Å². The lowest BCUT2D eigenvalue weighted by Crippen LogP contribution is -2.11. The van der Waals surface area contributed by atoms with E-state index in [4.69, 9.17) is 21.5 Å². The van der Waals surface area contributed by atoms with Crippen molar-refractivity contribution in [1.82, 2.24) is 9.55 Å². The maximum atomic E-state index is 11.3. The molecule has 0 radical (unpaired) electrons. The normalized spacial score (nSPS) is 11.8. The van der Waals surface area contributed by atoms with E-state index < -0.39 is 10.0 Å². The predicted octanol–water partition coefficient (Wildman–Crippen LogP) is 3.92. The van der Waals surface area contributed by atoms with Crippen molar-refractivity contribution in [2.75, 3.05) is 12.4 Å². The summed E-state index contributed by atoms with van der Waals surface area (Å²) >= 11 is 7.68. The molecule has 6 nitrogen and oxygen atoms in total. The molecule has 0 saturated heterocycles. The quantitative estimate of drug-likeness (QED) is 0.436. The fourth-order valence-electron chi connectivity index (χ4n) is 2.65. The summed E-state index contributed by atoms with van der Waals surface area (Å²) in [6.45, 7) is 3.48. The number of primary sulfonamides is 1. The zero-order valence-electron chi connectivity index (χ0n) is 14.8. The number of aromatic nitrogens is 2. The van der Waals surface area contributed by atoms with Crippen LogP contribution in [0, 0.1) is 0 Å². The van der Waals surface area contributed by atoms with Gasteiger partial charge in [0.25, 0.3) is 0 Å². The molecule has 144 valence electrons. The summed E-state index contributed by atoms with van der Waals surface area (Å²) in [6, 6.07) is 11.8. The molecule has 0 aliphatic carbocycles. The molecule has 0 bridgehead atoms. The molecule has 0 atom stereocenters. The average Bonchev–Trinajstić information content (AvgIpc) is 2.95. The summed E-state index contributed by atoms with van der Waals surface area (Å²) < 4.78 is 30.4. The molecule has 0 amide bonds. The summed E-state index contributed by atoms with van der Waals surface area (Å²) in [6.07, 6.45) is 1.01. The van der Waals surface area contributed by atoms with E-state index >= 15 is 0 Å². The smallest absolute Gasteiger partial charge is 0.238 e. The molecule has 2 N–H and O–H groups in total. The number of nitrogens with zero attached hydrogens (tertiary/aromatic N) is 2. The lowest BCUT2D eigenvalue weighted by Gasteiger charge is -2.09. The highest BCUT2D eigenvalue weighted by molar-refractivity contribution is 7.99. The van der Waals surface area contributed by atoms with E-state index in [0.29, 0.717) is 23.1 Å². The third-order valence-electron chi connectivity index (χ3n) is 3.86. The first-order valence-electron chi connectivity index (χ1n) is 8.42. The van der Waals surface area contributed by atoms with Gasteiger partial charge in [0.2, 0.25) is 10.0 Å². The molecule has 0 saturated carbocycles. The second-order valence-corrected chi connectivity index (χ2v) is 8.95. The first-order chi connectivity index (χ1) is 12.9. The SMILES string of the molecule is CCCn1c(SCCOc2ccc(S(N)(=O)=O)cc2)nc2cc(Cl)ccc21. The first kappa shape index (κ1) is 20.0. The van der Waals surface area contributed by atoms with Crippen LogP contribution in [0.15, 0.2) is 52.5 Å². The van der Waals surface area contributed by atoms with Crippen molar-refractivity contribution in [2.24, 2.45) is 5.14 Å². The Hall–Kier alpha value is -1.74. The van der Waals surface area contributed by atoms with Gasteiger partial charge < -0.3 is 9.30 Å². The molecule has 1 heterocycles. The van der Waals surface area contributed by atoms with Gasteiger partial charge in [-0.2, -0.15) is 0 Å². The molecule has 0 spiro atoms. The maximum absolute atomic E-state index is 11.3. The number of rotatable bonds is 8. The number of hydrogen-bond donors (Lipinski definition) is 1. The van der Waals surface area contributed by atoms with Crippen LogP contribution in [0.1, 0.15) is 13.3 Å². The molecule has 0 aliphatic rings. The third-order valence-corrected chi connectivity index (χ3v) is 5.96. The van der Waals surface area contributed by atoms with Crippen LogP contribution < -0.4 is 9.88 Å². The fraction of sp³-hybridized carbons (Fsp3) is 0.278. The highest BCUT2D eigenvalue weighted by Crippen LogP contribution is 2.26. The van der Waals surface area contributed by atoms with Gasteiger partial charge in [0.15, 0.2) is 5.16 Å². The summed E-state index contributed by atoms with van der Waals surface area (Å²) in [5.74, 6) is 1.30. The van der Waals surface area contributed by atoms with E-state index in [0.717, 1.165) is 29.2 Å². The second kappa shape index (κ2) is 8.52. The molecular weight excluding hydrogens is 406 g/mol. The second-order valence-electron chi connectivity index (χ2n) is 5.89.